The van der Waals surface area contributed by atoms with E-state index in [2.05, 4.69) is 25.7 Å². The quantitative estimate of drug-likeness (QED) is 0.639. The number of halogens is 3. The molecule has 1 saturated carbocycles. The molecule has 2 heterocycles. The van der Waals surface area contributed by atoms with Gasteiger partial charge in [-0.05, 0) is 35.4 Å². The van der Waals surface area contributed by atoms with Gasteiger partial charge in [0.2, 0.25) is 16.9 Å². The summed E-state index contributed by atoms with van der Waals surface area (Å²) in [5.74, 6) is 0.741. The summed E-state index contributed by atoms with van der Waals surface area (Å²) < 4.78 is 45.2. The second-order valence-electron chi connectivity index (χ2n) is 5.52. The van der Waals surface area contributed by atoms with Gasteiger partial charge in [0.15, 0.2) is 0 Å². The van der Waals surface area contributed by atoms with E-state index in [1.54, 1.807) is 4.68 Å². The smallest absolute Gasteiger partial charge is 0.338 e. The van der Waals surface area contributed by atoms with Crippen LogP contribution in [0, 0.1) is 0 Å². The van der Waals surface area contributed by atoms with Crippen LogP contribution in [0.2, 0.25) is 0 Å². The first-order chi connectivity index (χ1) is 12.0. The highest BCUT2D eigenvalue weighted by atomic mass is 32.2. The summed E-state index contributed by atoms with van der Waals surface area (Å²) in [5.41, 5.74) is -0.507. The number of tetrazole rings is 1. The minimum atomic E-state index is -4.42. The van der Waals surface area contributed by atoms with Crippen molar-refractivity contribution in [1.29, 1.82) is 0 Å². The summed E-state index contributed by atoms with van der Waals surface area (Å²) in [6.07, 6.45) is -2.31. The van der Waals surface area contributed by atoms with E-state index in [4.69, 9.17) is 4.52 Å². The molecule has 0 atom stereocenters. The zero-order valence-corrected chi connectivity index (χ0v) is 13.5. The van der Waals surface area contributed by atoms with Crippen molar-refractivity contribution in [3.8, 4) is 11.4 Å². The SMILES string of the molecule is FC(F)(F)c1cccc(-c2noc(CSc3nnnn3C3CC3)n2)c1. The fourth-order valence-electron chi connectivity index (χ4n) is 2.22. The highest BCUT2D eigenvalue weighted by molar-refractivity contribution is 7.98. The van der Waals surface area contributed by atoms with Crippen LogP contribution < -0.4 is 0 Å². The van der Waals surface area contributed by atoms with Crippen LogP contribution in [-0.2, 0) is 11.9 Å². The largest absolute Gasteiger partial charge is 0.416 e. The van der Waals surface area contributed by atoms with Gasteiger partial charge in [0.05, 0.1) is 17.4 Å². The number of benzene rings is 1. The van der Waals surface area contributed by atoms with E-state index >= 15 is 0 Å². The van der Waals surface area contributed by atoms with E-state index in [-0.39, 0.29) is 11.4 Å². The summed E-state index contributed by atoms with van der Waals surface area (Å²) >= 11 is 1.34. The van der Waals surface area contributed by atoms with Gasteiger partial charge >= 0.3 is 6.18 Å². The van der Waals surface area contributed by atoms with Crippen LogP contribution in [0.4, 0.5) is 13.2 Å². The molecule has 1 aliphatic rings. The minimum absolute atomic E-state index is 0.114. The lowest BCUT2D eigenvalue weighted by molar-refractivity contribution is -0.137. The molecular weight excluding hydrogens is 357 g/mol. The fourth-order valence-corrected chi connectivity index (χ4v) is 3.00. The molecule has 2 aromatic heterocycles. The molecule has 0 N–H and O–H groups in total. The number of hydrogen-bond donors (Lipinski definition) is 0. The lowest BCUT2D eigenvalue weighted by Gasteiger charge is -2.06. The van der Waals surface area contributed by atoms with Crippen molar-refractivity contribution in [2.45, 2.75) is 36.0 Å². The third-order valence-corrected chi connectivity index (χ3v) is 4.51. The summed E-state index contributed by atoms with van der Waals surface area (Å²) in [7, 11) is 0. The predicted molar refractivity (Wildman–Crippen MR) is 80.4 cm³/mol. The highest BCUT2D eigenvalue weighted by Crippen LogP contribution is 2.37. The minimum Gasteiger partial charge on any atom is -0.338 e. The zero-order valence-electron chi connectivity index (χ0n) is 12.6. The monoisotopic (exact) mass is 368 g/mol. The zero-order chi connectivity index (χ0) is 17.4. The lowest BCUT2D eigenvalue weighted by atomic mass is 10.1. The topological polar surface area (TPSA) is 82.5 Å². The van der Waals surface area contributed by atoms with Gasteiger partial charge in [0.1, 0.15) is 0 Å². The number of aromatic nitrogens is 6. The number of nitrogens with zero attached hydrogens (tertiary/aromatic N) is 6. The first-order valence-electron chi connectivity index (χ1n) is 7.41. The Hall–Kier alpha value is -2.43. The first-order valence-corrected chi connectivity index (χ1v) is 8.40. The van der Waals surface area contributed by atoms with Crippen molar-refractivity contribution in [2.24, 2.45) is 0 Å². The Morgan fingerprint density at radius 2 is 2.12 bits per heavy atom. The molecule has 130 valence electrons. The second kappa shape index (κ2) is 6.14. The van der Waals surface area contributed by atoms with Crippen LogP contribution >= 0.6 is 11.8 Å². The van der Waals surface area contributed by atoms with E-state index in [0.717, 1.165) is 25.0 Å². The van der Waals surface area contributed by atoms with E-state index in [1.807, 2.05) is 0 Å². The molecule has 0 saturated heterocycles. The van der Waals surface area contributed by atoms with Crippen LogP contribution in [0.15, 0.2) is 33.9 Å². The Labute approximate surface area is 143 Å². The molecule has 0 amide bonds. The van der Waals surface area contributed by atoms with Crippen molar-refractivity contribution in [3.05, 3.63) is 35.7 Å². The Morgan fingerprint density at radius 3 is 2.88 bits per heavy atom. The Balaban J connectivity index is 1.48. The van der Waals surface area contributed by atoms with E-state index in [9.17, 15) is 13.2 Å². The molecule has 4 rings (SSSR count). The van der Waals surface area contributed by atoms with Crippen molar-refractivity contribution in [1.82, 2.24) is 30.3 Å². The molecule has 1 fully saturated rings. The number of thioether (sulfide) groups is 1. The highest BCUT2D eigenvalue weighted by Gasteiger charge is 2.31. The maximum Gasteiger partial charge on any atom is 0.416 e. The average Bonchev–Trinajstić information content (AvgIpc) is 3.14. The maximum atomic E-state index is 12.8. The van der Waals surface area contributed by atoms with E-state index in [1.165, 1.54) is 23.9 Å². The fraction of sp³-hybridized carbons (Fsp3) is 0.357. The van der Waals surface area contributed by atoms with Gasteiger partial charge in [-0.25, -0.2) is 4.68 Å². The molecular formula is C14H11F3N6OS. The van der Waals surface area contributed by atoms with Gasteiger partial charge in [-0.3, -0.25) is 0 Å². The molecule has 0 aliphatic heterocycles. The van der Waals surface area contributed by atoms with Crippen LogP contribution in [0.5, 0.6) is 0 Å². The normalized spacial score (nSPS) is 14.8. The first kappa shape index (κ1) is 16.1. The molecule has 25 heavy (non-hydrogen) atoms. The number of alkyl halides is 3. The van der Waals surface area contributed by atoms with Crippen molar-refractivity contribution < 1.29 is 17.7 Å². The van der Waals surface area contributed by atoms with Gasteiger partial charge in [-0.15, -0.1) is 5.10 Å². The maximum absolute atomic E-state index is 12.8. The molecule has 0 bridgehead atoms. The molecule has 1 aromatic carbocycles. The number of hydrogen-bond acceptors (Lipinski definition) is 7. The van der Waals surface area contributed by atoms with Crippen molar-refractivity contribution in [3.63, 3.8) is 0 Å². The van der Waals surface area contributed by atoms with Crippen molar-refractivity contribution in [2.75, 3.05) is 0 Å². The van der Waals surface area contributed by atoms with Crippen LogP contribution in [-0.4, -0.2) is 30.3 Å². The molecule has 0 radical (unpaired) electrons. The van der Waals surface area contributed by atoms with Crippen LogP contribution in [0.1, 0.15) is 30.3 Å². The summed E-state index contributed by atoms with van der Waals surface area (Å²) in [4.78, 5) is 4.15. The summed E-state index contributed by atoms with van der Waals surface area (Å²) in [6.45, 7) is 0. The van der Waals surface area contributed by atoms with Crippen LogP contribution in [0.25, 0.3) is 11.4 Å². The third-order valence-electron chi connectivity index (χ3n) is 3.60. The van der Waals surface area contributed by atoms with E-state index in [0.29, 0.717) is 22.8 Å². The molecule has 11 heteroatoms. The van der Waals surface area contributed by atoms with Gasteiger partial charge in [-0.1, -0.05) is 29.1 Å². The molecule has 1 aliphatic carbocycles. The number of rotatable bonds is 5. The second-order valence-corrected chi connectivity index (χ2v) is 6.46. The lowest BCUT2D eigenvalue weighted by Crippen LogP contribution is -2.04. The molecule has 0 unspecified atom stereocenters. The van der Waals surface area contributed by atoms with Crippen molar-refractivity contribution >= 4 is 11.8 Å². The third kappa shape index (κ3) is 3.50. The Morgan fingerprint density at radius 1 is 1.28 bits per heavy atom. The van der Waals surface area contributed by atoms with Gasteiger partial charge < -0.3 is 4.52 Å². The van der Waals surface area contributed by atoms with Crippen LogP contribution in [0.3, 0.4) is 0 Å². The summed E-state index contributed by atoms with van der Waals surface area (Å²) in [6, 6.07) is 5.16. The Bertz CT molecular complexity index is 889. The summed E-state index contributed by atoms with van der Waals surface area (Å²) in [5, 5.41) is 15.9. The molecule has 0 spiro atoms. The predicted octanol–water partition coefficient (Wildman–Crippen LogP) is 3.37. The standard InChI is InChI=1S/C14H11F3N6OS/c15-14(16,17)9-3-1-2-8(6-9)12-18-11(24-20-12)7-25-13-19-21-22-23(13)10-4-5-10/h1-3,6,10H,4-5,7H2. The van der Waals surface area contributed by atoms with E-state index < -0.39 is 11.7 Å². The van der Waals surface area contributed by atoms with Gasteiger partial charge in [-0.2, -0.15) is 18.2 Å². The molecule has 3 aromatic rings. The molecule has 7 nitrogen and oxygen atoms in total. The average molecular weight is 368 g/mol. The Kier molecular flexibility index (Phi) is 3.94. The van der Waals surface area contributed by atoms with Gasteiger partial charge in [0.25, 0.3) is 0 Å². The van der Waals surface area contributed by atoms with Gasteiger partial charge in [0, 0.05) is 5.56 Å².